The molecule has 2 aliphatic carbocycles. The Balaban J connectivity index is 2.24. The van der Waals surface area contributed by atoms with E-state index in [2.05, 4.69) is 0 Å². The molecule has 2 rings (SSSR count). The van der Waals surface area contributed by atoms with E-state index in [1.165, 1.54) is 0 Å². The van der Waals surface area contributed by atoms with E-state index in [9.17, 15) is 18.3 Å². The van der Waals surface area contributed by atoms with E-state index in [0.29, 0.717) is 12.8 Å². The number of halogens is 3. The van der Waals surface area contributed by atoms with Crippen LogP contribution in [0.2, 0.25) is 0 Å². The second-order valence-corrected chi connectivity index (χ2v) is 4.12. The van der Waals surface area contributed by atoms with Crippen molar-refractivity contribution in [1.82, 2.24) is 0 Å². The standard InChI is InChI=1S/C8H11F3O/c1-5-4-6(5)2-3-7(6,12)8(9,10)11/h5,12H,2-4H2,1H3/t5?,6?,7-/m0/s1. The van der Waals surface area contributed by atoms with Gasteiger partial charge in [-0.2, -0.15) is 13.2 Å². The molecule has 0 aromatic carbocycles. The lowest BCUT2D eigenvalue weighted by Crippen LogP contribution is -2.60. The molecule has 1 spiro atoms. The van der Waals surface area contributed by atoms with E-state index < -0.39 is 17.2 Å². The molecule has 0 heterocycles. The van der Waals surface area contributed by atoms with Crippen LogP contribution in [0.3, 0.4) is 0 Å². The summed E-state index contributed by atoms with van der Waals surface area (Å²) in [6.07, 6.45) is -3.48. The van der Waals surface area contributed by atoms with Crippen molar-refractivity contribution in [2.24, 2.45) is 11.3 Å². The smallest absolute Gasteiger partial charge is 0.380 e. The van der Waals surface area contributed by atoms with E-state index in [4.69, 9.17) is 0 Å². The van der Waals surface area contributed by atoms with Crippen LogP contribution in [0.5, 0.6) is 0 Å². The van der Waals surface area contributed by atoms with Crippen LogP contribution in [-0.2, 0) is 0 Å². The molecule has 3 atom stereocenters. The number of rotatable bonds is 0. The monoisotopic (exact) mass is 180 g/mol. The van der Waals surface area contributed by atoms with Gasteiger partial charge in [0.25, 0.3) is 0 Å². The van der Waals surface area contributed by atoms with Gasteiger partial charge in [-0.25, -0.2) is 0 Å². The van der Waals surface area contributed by atoms with Gasteiger partial charge in [0.05, 0.1) is 0 Å². The molecule has 12 heavy (non-hydrogen) atoms. The van der Waals surface area contributed by atoms with Gasteiger partial charge in [0, 0.05) is 5.41 Å². The van der Waals surface area contributed by atoms with E-state index in [0.717, 1.165) is 0 Å². The van der Waals surface area contributed by atoms with Crippen LogP contribution in [0.1, 0.15) is 26.2 Å². The van der Waals surface area contributed by atoms with Gasteiger partial charge < -0.3 is 5.11 Å². The fourth-order valence-corrected chi connectivity index (χ4v) is 2.52. The normalized spacial score (nSPS) is 52.2. The minimum Gasteiger partial charge on any atom is -0.380 e. The number of hydrogen-bond donors (Lipinski definition) is 1. The Hall–Kier alpha value is -0.250. The predicted molar refractivity (Wildman–Crippen MR) is 36.5 cm³/mol. The minimum atomic E-state index is -4.43. The lowest BCUT2D eigenvalue weighted by Gasteiger charge is -2.48. The second kappa shape index (κ2) is 1.81. The van der Waals surface area contributed by atoms with Gasteiger partial charge in [-0.3, -0.25) is 0 Å². The molecule has 70 valence electrons. The summed E-state index contributed by atoms with van der Waals surface area (Å²) < 4.78 is 37.0. The molecular weight excluding hydrogens is 169 g/mol. The highest BCUT2D eigenvalue weighted by atomic mass is 19.4. The molecule has 0 amide bonds. The van der Waals surface area contributed by atoms with Gasteiger partial charge >= 0.3 is 6.18 Å². The Morgan fingerprint density at radius 2 is 1.83 bits per heavy atom. The number of hydrogen-bond acceptors (Lipinski definition) is 1. The molecular formula is C8H11F3O. The van der Waals surface area contributed by atoms with Crippen molar-refractivity contribution < 1.29 is 18.3 Å². The number of aliphatic hydroxyl groups is 1. The van der Waals surface area contributed by atoms with E-state index >= 15 is 0 Å². The first-order valence-electron chi connectivity index (χ1n) is 4.13. The Labute approximate surface area is 68.6 Å². The zero-order valence-corrected chi connectivity index (χ0v) is 6.78. The molecule has 0 radical (unpaired) electrons. The van der Waals surface area contributed by atoms with Crippen molar-refractivity contribution in [3.05, 3.63) is 0 Å². The highest BCUT2D eigenvalue weighted by Gasteiger charge is 2.79. The summed E-state index contributed by atoms with van der Waals surface area (Å²) in [6, 6.07) is 0. The van der Waals surface area contributed by atoms with Gasteiger partial charge in [0.2, 0.25) is 0 Å². The van der Waals surface area contributed by atoms with Crippen LogP contribution in [-0.4, -0.2) is 16.9 Å². The van der Waals surface area contributed by atoms with E-state index in [-0.39, 0.29) is 12.3 Å². The van der Waals surface area contributed by atoms with Crippen LogP contribution < -0.4 is 0 Å². The van der Waals surface area contributed by atoms with Crippen LogP contribution in [0.15, 0.2) is 0 Å². The molecule has 2 saturated carbocycles. The zero-order chi connectivity index (χ0) is 9.20. The van der Waals surface area contributed by atoms with Crippen molar-refractivity contribution in [2.45, 2.75) is 38.0 Å². The van der Waals surface area contributed by atoms with Crippen molar-refractivity contribution in [2.75, 3.05) is 0 Å². The van der Waals surface area contributed by atoms with Crippen molar-refractivity contribution in [3.8, 4) is 0 Å². The third kappa shape index (κ3) is 0.655. The quantitative estimate of drug-likeness (QED) is 0.605. The summed E-state index contributed by atoms with van der Waals surface area (Å²) in [6.45, 7) is 1.77. The molecule has 4 heteroatoms. The van der Waals surface area contributed by atoms with Crippen molar-refractivity contribution in [1.29, 1.82) is 0 Å². The van der Waals surface area contributed by atoms with Crippen LogP contribution in [0.4, 0.5) is 13.2 Å². The molecule has 2 fully saturated rings. The molecule has 1 N–H and O–H groups in total. The van der Waals surface area contributed by atoms with Crippen molar-refractivity contribution >= 4 is 0 Å². The average Bonchev–Trinajstić information content (AvgIpc) is 2.58. The van der Waals surface area contributed by atoms with Gasteiger partial charge in [0.15, 0.2) is 5.60 Å². The first-order valence-corrected chi connectivity index (χ1v) is 4.13. The molecule has 0 aliphatic heterocycles. The predicted octanol–water partition coefficient (Wildman–Crippen LogP) is 2.10. The Bertz CT molecular complexity index is 221. The number of alkyl halides is 3. The van der Waals surface area contributed by atoms with Crippen LogP contribution in [0, 0.1) is 11.3 Å². The molecule has 2 aliphatic rings. The van der Waals surface area contributed by atoms with Gasteiger partial charge in [-0.05, 0) is 25.2 Å². The van der Waals surface area contributed by atoms with E-state index in [1.54, 1.807) is 6.92 Å². The summed E-state index contributed by atoms with van der Waals surface area (Å²) in [7, 11) is 0. The van der Waals surface area contributed by atoms with Gasteiger partial charge in [-0.1, -0.05) is 6.92 Å². The summed E-state index contributed by atoms with van der Waals surface area (Å²) in [5.41, 5.74) is -3.16. The van der Waals surface area contributed by atoms with Gasteiger partial charge in [-0.15, -0.1) is 0 Å². The van der Waals surface area contributed by atoms with Gasteiger partial charge in [0.1, 0.15) is 0 Å². The fourth-order valence-electron chi connectivity index (χ4n) is 2.52. The molecule has 0 aromatic rings. The molecule has 0 bridgehead atoms. The fraction of sp³-hybridized carbons (Fsp3) is 1.00. The van der Waals surface area contributed by atoms with Crippen LogP contribution in [0.25, 0.3) is 0 Å². The largest absolute Gasteiger partial charge is 0.417 e. The molecule has 0 aromatic heterocycles. The lowest BCUT2D eigenvalue weighted by atomic mass is 9.64. The Morgan fingerprint density at radius 1 is 1.33 bits per heavy atom. The lowest BCUT2D eigenvalue weighted by molar-refractivity contribution is -0.321. The summed E-state index contributed by atoms with van der Waals surface area (Å²) in [5, 5.41) is 9.38. The van der Waals surface area contributed by atoms with Crippen LogP contribution >= 0.6 is 0 Å². The Morgan fingerprint density at radius 3 is 1.92 bits per heavy atom. The highest BCUT2D eigenvalue weighted by molar-refractivity contribution is 5.22. The topological polar surface area (TPSA) is 20.2 Å². The second-order valence-electron chi connectivity index (χ2n) is 4.12. The van der Waals surface area contributed by atoms with E-state index in [1.807, 2.05) is 0 Å². The summed E-state index contributed by atoms with van der Waals surface area (Å²) >= 11 is 0. The SMILES string of the molecule is CC1CC12CC[C@@]2(O)C(F)(F)F. The maximum absolute atomic E-state index is 12.3. The molecule has 0 saturated heterocycles. The van der Waals surface area contributed by atoms with Crippen molar-refractivity contribution in [3.63, 3.8) is 0 Å². The zero-order valence-electron chi connectivity index (χ0n) is 6.78. The summed E-state index contributed by atoms with van der Waals surface area (Å²) in [4.78, 5) is 0. The molecule has 1 nitrogen and oxygen atoms in total. The Kier molecular flexibility index (Phi) is 1.26. The maximum Gasteiger partial charge on any atom is 0.417 e. The average molecular weight is 180 g/mol. The maximum atomic E-state index is 12.3. The first kappa shape index (κ1) is 8.35. The minimum absolute atomic E-state index is 0.0397. The summed E-state index contributed by atoms with van der Waals surface area (Å²) in [5.74, 6) is 0.0397. The third-order valence-corrected chi connectivity index (χ3v) is 3.68. The third-order valence-electron chi connectivity index (χ3n) is 3.68. The molecule has 2 unspecified atom stereocenters. The highest BCUT2D eigenvalue weighted by Crippen LogP contribution is 2.73. The first-order chi connectivity index (χ1) is 5.33.